The van der Waals surface area contributed by atoms with Crippen LogP contribution >= 0.6 is 15.9 Å². The van der Waals surface area contributed by atoms with Gasteiger partial charge < -0.3 is 20.5 Å². The first-order valence-corrected chi connectivity index (χ1v) is 9.33. The predicted octanol–water partition coefficient (Wildman–Crippen LogP) is 1.97. The van der Waals surface area contributed by atoms with Crippen LogP contribution in [-0.4, -0.2) is 35.5 Å². The Labute approximate surface area is 159 Å². The minimum absolute atomic E-state index is 0.336. The maximum atomic E-state index is 12.7. The number of rotatable bonds is 4. The summed E-state index contributed by atoms with van der Waals surface area (Å²) in [6.45, 7) is 0. The molecule has 0 radical (unpaired) electrons. The van der Waals surface area contributed by atoms with Crippen molar-refractivity contribution in [1.82, 2.24) is 5.32 Å². The van der Waals surface area contributed by atoms with Crippen molar-refractivity contribution in [1.29, 1.82) is 0 Å². The van der Waals surface area contributed by atoms with E-state index < -0.39 is 35.3 Å². The molecule has 3 N–H and O–H groups in total. The average molecular weight is 425 g/mol. The molecule has 1 aromatic carbocycles. The first-order valence-electron chi connectivity index (χ1n) is 8.54. The van der Waals surface area contributed by atoms with Crippen molar-refractivity contribution in [2.24, 2.45) is 0 Å². The normalized spacial score (nSPS) is 23.7. The van der Waals surface area contributed by atoms with Crippen LogP contribution in [0.25, 0.3) is 0 Å². The number of fused-ring (bicyclic) bond motifs is 1. The van der Waals surface area contributed by atoms with Crippen LogP contribution < -0.4 is 10.6 Å². The van der Waals surface area contributed by atoms with Crippen molar-refractivity contribution < 1.29 is 24.2 Å². The van der Waals surface area contributed by atoms with Gasteiger partial charge in [-0.05, 0) is 31.0 Å². The molecule has 140 valence electrons. The second kappa shape index (κ2) is 7.00. The number of hydrogen-bond donors (Lipinski definition) is 3. The van der Waals surface area contributed by atoms with Gasteiger partial charge in [-0.1, -0.05) is 35.2 Å². The molecule has 7 nitrogen and oxygen atoms in total. The molecule has 1 heterocycles. The van der Waals surface area contributed by atoms with Gasteiger partial charge in [-0.15, -0.1) is 0 Å². The van der Waals surface area contributed by atoms with Gasteiger partial charge in [-0.25, -0.2) is 4.79 Å². The Morgan fingerprint density at radius 3 is 2.65 bits per heavy atom. The standard InChI is InChI=1S/C18H21BrN2O5/c1-26-16(24)17(7-3-2-4-8-17)21-14(22)10-18(25)12-9-11(19)5-6-13(12)20-15(18)23/h5-6,9,25H,2-4,7-8,10H2,1H3,(H,20,23)(H,21,22). The Hall–Kier alpha value is -1.93. The van der Waals surface area contributed by atoms with E-state index in [1.807, 2.05) is 0 Å². The lowest BCUT2D eigenvalue weighted by Crippen LogP contribution is -2.57. The molecule has 1 aromatic rings. The van der Waals surface area contributed by atoms with E-state index >= 15 is 0 Å². The number of hydrogen-bond acceptors (Lipinski definition) is 5. The van der Waals surface area contributed by atoms with Gasteiger partial charge >= 0.3 is 5.97 Å². The fourth-order valence-corrected chi connectivity index (χ4v) is 4.13. The van der Waals surface area contributed by atoms with Crippen molar-refractivity contribution in [2.75, 3.05) is 12.4 Å². The third-order valence-corrected chi connectivity index (χ3v) is 5.62. The molecule has 1 atom stereocenters. The Morgan fingerprint density at radius 2 is 2.00 bits per heavy atom. The SMILES string of the molecule is COC(=O)C1(NC(=O)CC2(O)C(=O)Nc3ccc(Br)cc32)CCCCC1. The number of esters is 1. The summed E-state index contributed by atoms with van der Waals surface area (Å²) in [7, 11) is 1.29. The molecule has 8 heteroatoms. The van der Waals surface area contributed by atoms with E-state index in [1.165, 1.54) is 7.11 Å². The highest BCUT2D eigenvalue weighted by molar-refractivity contribution is 9.10. The first-order chi connectivity index (χ1) is 12.3. The molecule has 0 spiro atoms. The number of aliphatic hydroxyl groups is 1. The number of methoxy groups -OCH3 is 1. The molecule has 1 fully saturated rings. The van der Waals surface area contributed by atoms with E-state index in [9.17, 15) is 19.5 Å². The van der Waals surface area contributed by atoms with Crippen LogP contribution in [0.2, 0.25) is 0 Å². The summed E-state index contributed by atoms with van der Waals surface area (Å²) in [5.41, 5.74) is -2.26. The average Bonchev–Trinajstić information content (AvgIpc) is 2.85. The highest BCUT2D eigenvalue weighted by Gasteiger charge is 2.49. The number of nitrogens with one attached hydrogen (secondary N) is 2. The zero-order valence-corrected chi connectivity index (χ0v) is 16.0. The smallest absolute Gasteiger partial charge is 0.331 e. The minimum atomic E-state index is -1.98. The number of anilines is 1. The Morgan fingerprint density at radius 1 is 1.31 bits per heavy atom. The third-order valence-electron chi connectivity index (χ3n) is 5.13. The molecule has 26 heavy (non-hydrogen) atoms. The number of amides is 2. The maximum absolute atomic E-state index is 12.7. The van der Waals surface area contributed by atoms with Crippen molar-refractivity contribution in [3.8, 4) is 0 Å². The molecule has 2 amide bonds. The zero-order valence-electron chi connectivity index (χ0n) is 14.4. The second-order valence-corrected chi connectivity index (χ2v) is 7.78. The van der Waals surface area contributed by atoms with Gasteiger partial charge in [-0.2, -0.15) is 0 Å². The van der Waals surface area contributed by atoms with Crippen molar-refractivity contribution in [3.63, 3.8) is 0 Å². The van der Waals surface area contributed by atoms with Crippen molar-refractivity contribution >= 4 is 39.4 Å². The lowest BCUT2D eigenvalue weighted by molar-refractivity contribution is -0.154. The van der Waals surface area contributed by atoms with Gasteiger partial charge in [0.1, 0.15) is 5.54 Å². The Kier molecular flexibility index (Phi) is 5.07. The number of ether oxygens (including phenoxy) is 1. The zero-order chi connectivity index (χ0) is 18.9. The summed E-state index contributed by atoms with van der Waals surface area (Å²) in [5.74, 6) is -1.71. The topological polar surface area (TPSA) is 105 Å². The van der Waals surface area contributed by atoms with Crippen LogP contribution in [0.5, 0.6) is 0 Å². The molecule has 3 rings (SSSR count). The fourth-order valence-electron chi connectivity index (χ4n) is 3.77. The first kappa shape index (κ1) is 18.8. The monoisotopic (exact) mass is 424 g/mol. The van der Waals surface area contributed by atoms with E-state index in [0.717, 1.165) is 19.3 Å². The van der Waals surface area contributed by atoms with Gasteiger partial charge in [0.05, 0.1) is 13.5 Å². The second-order valence-electron chi connectivity index (χ2n) is 6.86. The van der Waals surface area contributed by atoms with Gasteiger partial charge in [0.25, 0.3) is 5.91 Å². The highest BCUT2D eigenvalue weighted by Crippen LogP contribution is 2.40. The fraction of sp³-hybridized carbons (Fsp3) is 0.500. The van der Waals surface area contributed by atoms with E-state index in [1.54, 1.807) is 18.2 Å². The predicted molar refractivity (Wildman–Crippen MR) is 97.3 cm³/mol. The van der Waals surface area contributed by atoms with Crippen LogP contribution in [-0.2, 0) is 24.7 Å². The van der Waals surface area contributed by atoms with Gasteiger partial charge in [0.2, 0.25) is 5.91 Å². The minimum Gasteiger partial charge on any atom is -0.467 e. The van der Waals surface area contributed by atoms with E-state index in [2.05, 4.69) is 26.6 Å². The largest absolute Gasteiger partial charge is 0.467 e. The van der Waals surface area contributed by atoms with Crippen LogP contribution in [0, 0.1) is 0 Å². The van der Waals surface area contributed by atoms with Gasteiger partial charge in [0, 0.05) is 15.7 Å². The van der Waals surface area contributed by atoms with Gasteiger partial charge in [-0.3, -0.25) is 9.59 Å². The summed E-state index contributed by atoms with van der Waals surface area (Å²) in [4.78, 5) is 37.2. The van der Waals surface area contributed by atoms with E-state index in [0.29, 0.717) is 28.6 Å². The molecular formula is C18H21BrN2O5. The lowest BCUT2D eigenvalue weighted by atomic mass is 9.81. The Balaban J connectivity index is 1.82. The number of carbonyl (C=O) groups is 3. The Bertz CT molecular complexity index is 760. The summed E-state index contributed by atoms with van der Waals surface area (Å²) < 4.78 is 5.57. The molecule has 1 saturated carbocycles. The quantitative estimate of drug-likeness (QED) is 0.640. The van der Waals surface area contributed by atoms with Crippen LogP contribution in [0.1, 0.15) is 44.1 Å². The summed E-state index contributed by atoms with van der Waals surface area (Å²) >= 11 is 3.31. The molecule has 1 unspecified atom stereocenters. The van der Waals surface area contributed by atoms with Crippen LogP contribution in [0.3, 0.4) is 0 Å². The molecule has 1 aliphatic heterocycles. The highest BCUT2D eigenvalue weighted by atomic mass is 79.9. The number of benzene rings is 1. The van der Waals surface area contributed by atoms with Crippen molar-refractivity contribution in [3.05, 3.63) is 28.2 Å². The molecular weight excluding hydrogens is 404 g/mol. The number of halogens is 1. The number of carbonyl (C=O) groups excluding carboxylic acids is 3. The third kappa shape index (κ3) is 3.23. The van der Waals surface area contributed by atoms with Crippen molar-refractivity contribution in [2.45, 2.75) is 49.7 Å². The van der Waals surface area contributed by atoms with Gasteiger partial charge in [0.15, 0.2) is 5.60 Å². The molecule has 1 aliphatic carbocycles. The molecule has 0 bridgehead atoms. The molecule has 2 aliphatic rings. The van der Waals surface area contributed by atoms with Crippen LogP contribution in [0.4, 0.5) is 5.69 Å². The van der Waals surface area contributed by atoms with Crippen LogP contribution in [0.15, 0.2) is 22.7 Å². The lowest BCUT2D eigenvalue weighted by Gasteiger charge is -2.36. The van der Waals surface area contributed by atoms with E-state index in [-0.39, 0.29) is 0 Å². The summed E-state index contributed by atoms with van der Waals surface area (Å²) in [6, 6.07) is 5.00. The summed E-state index contributed by atoms with van der Waals surface area (Å²) in [5, 5.41) is 16.2. The molecule has 0 saturated heterocycles. The summed E-state index contributed by atoms with van der Waals surface area (Å²) in [6.07, 6.45) is 3.09. The molecule has 0 aromatic heterocycles. The maximum Gasteiger partial charge on any atom is 0.331 e. The van der Waals surface area contributed by atoms with E-state index in [4.69, 9.17) is 4.74 Å².